The SMILES string of the molecule is c1ccc(-c2c3ccccc3c(-c3c4sc5ccccc5c4cc4sc5ccccc5c34)c3ccccc23)cc1. The fraction of sp³-hybridized carbons (Fsp3) is 0. The molecule has 186 valence electrons. The van der Waals surface area contributed by atoms with Gasteiger partial charge in [0.15, 0.2) is 0 Å². The van der Waals surface area contributed by atoms with E-state index in [0.717, 1.165) is 0 Å². The summed E-state index contributed by atoms with van der Waals surface area (Å²) in [7, 11) is 0. The van der Waals surface area contributed by atoms with E-state index in [-0.39, 0.29) is 0 Å². The van der Waals surface area contributed by atoms with Gasteiger partial charge in [-0.1, -0.05) is 115 Å². The molecule has 0 saturated carbocycles. The van der Waals surface area contributed by atoms with Crippen LogP contribution in [0.25, 0.3) is 84.1 Å². The molecule has 0 N–H and O–H groups in total. The zero-order valence-corrected chi connectivity index (χ0v) is 23.2. The fourth-order valence-corrected chi connectivity index (χ4v) is 9.01. The zero-order chi connectivity index (χ0) is 26.2. The number of thiophene rings is 2. The summed E-state index contributed by atoms with van der Waals surface area (Å²) < 4.78 is 5.41. The molecular formula is C38H22S2. The molecule has 7 aromatic carbocycles. The Morgan fingerprint density at radius 3 is 1.48 bits per heavy atom. The van der Waals surface area contributed by atoms with Crippen LogP contribution in [0.1, 0.15) is 0 Å². The highest BCUT2D eigenvalue weighted by molar-refractivity contribution is 7.28. The Labute approximate surface area is 239 Å². The Morgan fingerprint density at radius 2 is 0.825 bits per heavy atom. The van der Waals surface area contributed by atoms with Gasteiger partial charge < -0.3 is 0 Å². The second kappa shape index (κ2) is 8.50. The minimum atomic E-state index is 1.26. The lowest BCUT2D eigenvalue weighted by molar-refractivity contribution is 1.67. The molecule has 0 saturated heterocycles. The summed E-state index contributed by atoms with van der Waals surface area (Å²) in [6, 6.07) is 49.2. The first-order valence-corrected chi connectivity index (χ1v) is 15.2. The first-order chi connectivity index (χ1) is 19.9. The van der Waals surface area contributed by atoms with Crippen molar-refractivity contribution in [3.05, 3.63) is 133 Å². The van der Waals surface area contributed by atoms with Crippen molar-refractivity contribution in [2.75, 3.05) is 0 Å². The van der Waals surface area contributed by atoms with Crippen LogP contribution in [0.5, 0.6) is 0 Å². The van der Waals surface area contributed by atoms with Crippen LogP contribution in [-0.4, -0.2) is 0 Å². The van der Waals surface area contributed by atoms with Crippen LogP contribution in [0.2, 0.25) is 0 Å². The highest BCUT2D eigenvalue weighted by atomic mass is 32.1. The van der Waals surface area contributed by atoms with Crippen molar-refractivity contribution >= 4 is 84.6 Å². The number of fused-ring (bicyclic) bond motifs is 8. The molecule has 40 heavy (non-hydrogen) atoms. The summed E-state index contributed by atoms with van der Waals surface area (Å²) in [6.45, 7) is 0. The van der Waals surface area contributed by atoms with E-state index in [4.69, 9.17) is 0 Å². The number of rotatable bonds is 2. The van der Waals surface area contributed by atoms with Gasteiger partial charge in [0, 0.05) is 45.9 Å². The molecule has 0 spiro atoms. The Bertz CT molecular complexity index is 2360. The van der Waals surface area contributed by atoms with Crippen molar-refractivity contribution in [1.29, 1.82) is 0 Å². The average Bonchev–Trinajstić information content (AvgIpc) is 3.57. The van der Waals surface area contributed by atoms with Gasteiger partial charge in [-0.2, -0.15) is 0 Å². The zero-order valence-electron chi connectivity index (χ0n) is 21.5. The normalized spacial score (nSPS) is 12.0. The Morgan fingerprint density at radius 1 is 0.325 bits per heavy atom. The largest absolute Gasteiger partial charge is 0.135 e. The van der Waals surface area contributed by atoms with Gasteiger partial charge in [-0.25, -0.2) is 0 Å². The highest BCUT2D eigenvalue weighted by Crippen LogP contribution is 2.52. The van der Waals surface area contributed by atoms with Crippen LogP contribution in [0, 0.1) is 0 Å². The molecule has 0 fully saturated rings. The number of benzene rings is 7. The molecule has 0 amide bonds. The van der Waals surface area contributed by atoms with Crippen LogP contribution < -0.4 is 0 Å². The minimum absolute atomic E-state index is 1.26. The van der Waals surface area contributed by atoms with Gasteiger partial charge in [0.1, 0.15) is 0 Å². The molecule has 0 aliphatic heterocycles. The lowest BCUT2D eigenvalue weighted by Crippen LogP contribution is -1.91. The van der Waals surface area contributed by atoms with Gasteiger partial charge in [-0.3, -0.25) is 0 Å². The fourth-order valence-electron chi connectivity index (χ4n) is 6.62. The van der Waals surface area contributed by atoms with Gasteiger partial charge in [0.2, 0.25) is 0 Å². The van der Waals surface area contributed by atoms with Crippen LogP contribution in [-0.2, 0) is 0 Å². The van der Waals surface area contributed by atoms with Crippen molar-refractivity contribution < 1.29 is 0 Å². The van der Waals surface area contributed by atoms with E-state index in [2.05, 4.69) is 133 Å². The summed E-state index contributed by atoms with van der Waals surface area (Å²) in [5.41, 5.74) is 5.29. The molecule has 9 rings (SSSR count). The van der Waals surface area contributed by atoms with Crippen molar-refractivity contribution in [3.63, 3.8) is 0 Å². The molecule has 9 aromatic rings. The van der Waals surface area contributed by atoms with Crippen LogP contribution in [0.3, 0.4) is 0 Å². The third-order valence-electron chi connectivity index (χ3n) is 8.25. The van der Waals surface area contributed by atoms with Crippen molar-refractivity contribution in [1.82, 2.24) is 0 Å². The molecule has 0 bridgehead atoms. The van der Waals surface area contributed by atoms with Crippen LogP contribution in [0.4, 0.5) is 0 Å². The second-order valence-electron chi connectivity index (χ2n) is 10.4. The van der Waals surface area contributed by atoms with E-state index >= 15 is 0 Å². The van der Waals surface area contributed by atoms with E-state index in [0.29, 0.717) is 0 Å². The van der Waals surface area contributed by atoms with Gasteiger partial charge in [0.25, 0.3) is 0 Å². The molecule has 0 unspecified atom stereocenters. The van der Waals surface area contributed by atoms with E-state index in [1.54, 1.807) is 0 Å². The number of hydrogen-bond acceptors (Lipinski definition) is 2. The predicted molar refractivity (Wildman–Crippen MR) is 178 cm³/mol. The van der Waals surface area contributed by atoms with Gasteiger partial charge in [-0.05, 0) is 56.4 Å². The molecule has 0 aliphatic rings. The molecule has 2 heterocycles. The number of hydrogen-bond donors (Lipinski definition) is 0. The summed E-state index contributed by atoms with van der Waals surface area (Å²) in [6.07, 6.45) is 0. The Hall–Kier alpha value is -4.50. The first-order valence-electron chi connectivity index (χ1n) is 13.6. The van der Waals surface area contributed by atoms with E-state index < -0.39 is 0 Å². The Balaban J connectivity index is 1.58. The second-order valence-corrected chi connectivity index (χ2v) is 12.5. The first kappa shape index (κ1) is 22.3. The Kier molecular flexibility index (Phi) is 4.74. The third-order valence-corrected chi connectivity index (χ3v) is 10.6. The monoisotopic (exact) mass is 542 g/mol. The summed E-state index contributed by atoms with van der Waals surface area (Å²) in [5, 5.41) is 10.6. The van der Waals surface area contributed by atoms with Gasteiger partial charge in [0.05, 0.1) is 0 Å². The van der Waals surface area contributed by atoms with E-state index in [1.165, 1.54) is 84.1 Å². The quantitative estimate of drug-likeness (QED) is 0.191. The van der Waals surface area contributed by atoms with Gasteiger partial charge >= 0.3 is 0 Å². The average molecular weight is 543 g/mol. The molecule has 0 aliphatic carbocycles. The smallest absolute Gasteiger partial charge is 0.0441 e. The minimum Gasteiger partial charge on any atom is -0.135 e. The summed E-state index contributed by atoms with van der Waals surface area (Å²) in [5.74, 6) is 0. The van der Waals surface area contributed by atoms with Crippen LogP contribution in [0.15, 0.2) is 133 Å². The van der Waals surface area contributed by atoms with Gasteiger partial charge in [-0.15, -0.1) is 22.7 Å². The van der Waals surface area contributed by atoms with Crippen LogP contribution >= 0.6 is 22.7 Å². The molecule has 0 nitrogen and oxygen atoms in total. The van der Waals surface area contributed by atoms with Crippen molar-refractivity contribution in [2.45, 2.75) is 0 Å². The maximum Gasteiger partial charge on any atom is 0.0441 e. The lowest BCUT2D eigenvalue weighted by Gasteiger charge is -2.19. The third kappa shape index (κ3) is 3.06. The summed E-state index contributed by atoms with van der Waals surface area (Å²) in [4.78, 5) is 0. The highest BCUT2D eigenvalue weighted by Gasteiger charge is 2.23. The maximum atomic E-state index is 2.44. The predicted octanol–water partition coefficient (Wildman–Crippen LogP) is 12.1. The molecule has 2 aromatic heterocycles. The standard InChI is InChI=1S/C38H22S2/c1-2-12-23(13-3-1)34-25-15-4-6-17-27(25)35(28-18-7-5-16-26(28)34)37-36-29-19-9-11-21-32(29)39-33(36)22-30-24-14-8-10-20-31(24)40-38(30)37/h1-22H. The topological polar surface area (TPSA) is 0 Å². The molecule has 0 radical (unpaired) electrons. The molecule has 2 heteroatoms. The van der Waals surface area contributed by atoms with E-state index in [1.807, 2.05) is 22.7 Å². The van der Waals surface area contributed by atoms with Crippen molar-refractivity contribution in [2.24, 2.45) is 0 Å². The molecular weight excluding hydrogens is 521 g/mol. The van der Waals surface area contributed by atoms with Crippen molar-refractivity contribution in [3.8, 4) is 22.3 Å². The summed E-state index contributed by atoms with van der Waals surface area (Å²) >= 11 is 3.84. The maximum absolute atomic E-state index is 2.44. The van der Waals surface area contributed by atoms with E-state index in [9.17, 15) is 0 Å². The lowest BCUT2D eigenvalue weighted by atomic mass is 9.84. The molecule has 0 atom stereocenters.